The lowest BCUT2D eigenvalue weighted by Crippen LogP contribution is -2.15. The Morgan fingerprint density at radius 2 is 1.22 bits per heavy atom. The maximum Gasteiger partial charge on any atom is 0.0541 e. The molecule has 41 heavy (non-hydrogen) atoms. The van der Waals surface area contributed by atoms with E-state index in [1.54, 1.807) is 0 Å². The van der Waals surface area contributed by atoms with E-state index in [0.717, 1.165) is 0 Å². The summed E-state index contributed by atoms with van der Waals surface area (Å²) in [5.74, 6) is 0. The third-order valence-corrected chi connectivity index (χ3v) is 10.3. The Morgan fingerprint density at radius 1 is 0.537 bits per heavy atom. The van der Waals surface area contributed by atoms with Crippen LogP contribution in [0, 0.1) is 0 Å². The van der Waals surface area contributed by atoms with Crippen LogP contribution in [-0.2, 0) is 5.41 Å². The minimum atomic E-state index is -0.0858. The fourth-order valence-corrected chi connectivity index (χ4v) is 8.42. The second-order valence-corrected chi connectivity index (χ2v) is 12.8. The number of hydrogen-bond acceptors (Lipinski definition) is 1. The highest BCUT2D eigenvalue weighted by Gasteiger charge is 2.38. The first-order chi connectivity index (χ1) is 20.1. The van der Waals surface area contributed by atoms with E-state index in [-0.39, 0.29) is 5.41 Å². The number of aromatic nitrogens is 1. The van der Waals surface area contributed by atoms with Gasteiger partial charge in [-0.1, -0.05) is 92.7 Å². The Bertz CT molecular complexity index is 2330. The lowest BCUT2D eigenvalue weighted by molar-refractivity contribution is 0.667. The average molecular weight is 542 g/mol. The van der Waals surface area contributed by atoms with Crippen molar-refractivity contribution in [2.75, 3.05) is 0 Å². The van der Waals surface area contributed by atoms with Gasteiger partial charge in [0, 0.05) is 42.0 Å². The van der Waals surface area contributed by atoms with Crippen molar-refractivity contribution >= 4 is 53.3 Å². The summed E-state index contributed by atoms with van der Waals surface area (Å²) in [6.07, 6.45) is 0. The first-order valence-corrected chi connectivity index (χ1v) is 15.1. The minimum Gasteiger partial charge on any atom is -0.309 e. The molecule has 1 nitrogen and oxygen atoms in total. The van der Waals surface area contributed by atoms with Crippen LogP contribution in [0.2, 0.25) is 0 Å². The van der Waals surface area contributed by atoms with Crippen LogP contribution >= 0.6 is 11.3 Å². The number of para-hydroxylation sites is 2. The normalized spacial score (nSPS) is 13.8. The van der Waals surface area contributed by atoms with Crippen molar-refractivity contribution in [1.82, 2.24) is 4.57 Å². The average Bonchev–Trinajstić information content (AvgIpc) is 3.63. The van der Waals surface area contributed by atoms with Gasteiger partial charge in [0.15, 0.2) is 0 Å². The molecule has 0 atom stereocenters. The topological polar surface area (TPSA) is 4.93 Å². The third kappa shape index (κ3) is 3.11. The van der Waals surface area contributed by atoms with E-state index < -0.39 is 0 Å². The van der Waals surface area contributed by atoms with Crippen LogP contribution in [0.5, 0.6) is 0 Å². The Hall–Kier alpha value is -4.66. The van der Waals surface area contributed by atoms with Gasteiger partial charge in [-0.05, 0) is 81.9 Å². The van der Waals surface area contributed by atoms with Crippen molar-refractivity contribution in [3.8, 4) is 27.9 Å². The molecule has 6 aromatic carbocycles. The molecular formula is C39H27NS. The van der Waals surface area contributed by atoms with Gasteiger partial charge in [-0.15, -0.1) is 11.3 Å². The molecule has 0 saturated carbocycles. The minimum absolute atomic E-state index is 0.0858. The third-order valence-electron chi connectivity index (χ3n) is 9.17. The maximum atomic E-state index is 2.45. The quantitative estimate of drug-likeness (QED) is 0.205. The van der Waals surface area contributed by atoms with E-state index in [2.05, 4.69) is 146 Å². The standard InChI is InChI=1S/C39H27NS/c1-39(2)32-23-25(16-18-27(32)29-19-21-36-37(38(29)39)30-13-7-9-15-35(30)41-36)24-17-20-34-31(22-24)28-12-6-8-14-33(28)40(34)26-10-4-3-5-11-26/h3-23H,1-2H3. The largest absolute Gasteiger partial charge is 0.309 e. The summed E-state index contributed by atoms with van der Waals surface area (Å²) >= 11 is 1.91. The molecule has 8 aromatic rings. The SMILES string of the molecule is CC1(C)c2cc(-c3ccc4c(c3)c3ccccc3n4-c3ccccc3)ccc2-c2ccc3sc4ccccc4c3c21. The molecule has 0 spiro atoms. The second kappa shape index (κ2) is 8.19. The summed E-state index contributed by atoms with van der Waals surface area (Å²) in [7, 11) is 0. The van der Waals surface area contributed by atoms with Crippen molar-refractivity contribution in [1.29, 1.82) is 0 Å². The molecule has 2 heteroatoms. The molecule has 0 aliphatic heterocycles. The summed E-state index contributed by atoms with van der Waals surface area (Å²) in [6, 6.07) is 47.1. The molecule has 9 rings (SSSR count). The van der Waals surface area contributed by atoms with Crippen molar-refractivity contribution < 1.29 is 0 Å². The summed E-state index contributed by atoms with van der Waals surface area (Å²) in [4.78, 5) is 0. The highest BCUT2D eigenvalue weighted by Crippen LogP contribution is 2.54. The molecule has 0 N–H and O–H groups in total. The molecule has 0 unspecified atom stereocenters. The molecule has 1 aliphatic carbocycles. The van der Waals surface area contributed by atoms with Crippen LogP contribution in [0.4, 0.5) is 0 Å². The van der Waals surface area contributed by atoms with Gasteiger partial charge in [-0.25, -0.2) is 0 Å². The molecule has 0 bridgehead atoms. The second-order valence-electron chi connectivity index (χ2n) is 11.8. The van der Waals surface area contributed by atoms with Crippen molar-refractivity contribution in [2.45, 2.75) is 19.3 Å². The van der Waals surface area contributed by atoms with Crippen molar-refractivity contribution in [3.63, 3.8) is 0 Å². The monoisotopic (exact) mass is 541 g/mol. The number of hydrogen-bond donors (Lipinski definition) is 0. The number of nitrogens with zero attached hydrogens (tertiary/aromatic N) is 1. The fraction of sp³-hybridized carbons (Fsp3) is 0.0769. The first-order valence-electron chi connectivity index (χ1n) is 14.3. The summed E-state index contributed by atoms with van der Waals surface area (Å²) < 4.78 is 5.13. The zero-order valence-electron chi connectivity index (χ0n) is 23.0. The Labute approximate surface area is 242 Å². The smallest absolute Gasteiger partial charge is 0.0541 e. The Balaban J connectivity index is 1.24. The highest BCUT2D eigenvalue weighted by molar-refractivity contribution is 7.25. The molecule has 0 amide bonds. The van der Waals surface area contributed by atoms with E-state index in [4.69, 9.17) is 0 Å². The van der Waals surface area contributed by atoms with E-state index in [1.807, 2.05) is 11.3 Å². The summed E-state index contributed by atoms with van der Waals surface area (Å²) in [5, 5.41) is 5.39. The molecule has 0 saturated heterocycles. The van der Waals surface area contributed by atoms with Gasteiger partial charge in [0.05, 0.1) is 11.0 Å². The zero-order chi connectivity index (χ0) is 27.3. The predicted molar refractivity (Wildman–Crippen MR) is 177 cm³/mol. The zero-order valence-corrected chi connectivity index (χ0v) is 23.8. The van der Waals surface area contributed by atoms with Crippen LogP contribution in [0.25, 0.3) is 69.9 Å². The van der Waals surface area contributed by atoms with Gasteiger partial charge in [-0.3, -0.25) is 0 Å². The molecule has 194 valence electrons. The van der Waals surface area contributed by atoms with Crippen LogP contribution in [-0.4, -0.2) is 4.57 Å². The summed E-state index contributed by atoms with van der Waals surface area (Å²) in [6.45, 7) is 4.81. The molecule has 2 heterocycles. The lowest BCUT2D eigenvalue weighted by atomic mass is 9.80. The number of fused-ring (bicyclic) bond motifs is 10. The Kier molecular flexibility index (Phi) is 4.61. The first kappa shape index (κ1) is 23.1. The molecule has 1 aliphatic rings. The fourth-order valence-electron chi connectivity index (χ4n) is 7.31. The van der Waals surface area contributed by atoms with E-state index in [1.165, 1.54) is 81.0 Å². The summed E-state index contributed by atoms with van der Waals surface area (Å²) in [5.41, 5.74) is 11.8. The Morgan fingerprint density at radius 3 is 2.10 bits per heavy atom. The van der Waals surface area contributed by atoms with E-state index in [9.17, 15) is 0 Å². The maximum absolute atomic E-state index is 2.45. The number of rotatable bonds is 2. The van der Waals surface area contributed by atoms with Crippen molar-refractivity contribution in [2.24, 2.45) is 0 Å². The van der Waals surface area contributed by atoms with Gasteiger partial charge in [-0.2, -0.15) is 0 Å². The van der Waals surface area contributed by atoms with Crippen LogP contribution in [0.15, 0.2) is 127 Å². The molecule has 0 fully saturated rings. The van der Waals surface area contributed by atoms with Gasteiger partial charge in [0.25, 0.3) is 0 Å². The number of benzene rings is 6. The van der Waals surface area contributed by atoms with Crippen LogP contribution in [0.1, 0.15) is 25.0 Å². The molecule has 0 radical (unpaired) electrons. The number of thiophene rings is 1. The van der Waals surface area contributed by atoms with Crippen molar-refractivity contribution in [3.05, 3.63) is 139 Å². The van der Waals surface area contributed by atoms with Crippen LogP contribution in [0.3, 0.4) is 0 Å². The van der Waals surface area contributed by atoms with E-state index >= 15 is 0 Å². The van der Waals surface area contributed by atoms with Gasteiger partial charge >= 0.3 is 0 Å². The van der Waals surface area contributed by atoms with Gasteiger partial charge in [0.1, 0.15) is 0 Å². The van der Waals surface area contributed by atoms with Gasteiger partial charge < -0.3 is 4.57 Å². The lowest BCUT2D eigenvalue weighted by Gasteiger charge is -2.23. The molecule has 2 aromatic heterocycles. The van der Waals surface area contributed by atoms with Gasteiger partial charge in [0.2, 0.25) is 0 Å². The predicted octanol–water partition coefficient (Wildman–Crippen LogP) is 11.1. The highest BCUT2D eigenvalue weighted by atomic mass is 32.1. The molecular weight excluding hydrogens is 515 g/mol. The van der Waals surface area contributed by atoms with Crippen LogP contribution < -0.4 is 0 Å². The van der Waals surface area contributed by atoms with E-state index in [0.29, 0.717) is 0 Å².